The van der Waals surface area contributed by atoms with Crippen molar-refractivity contribution in [1.29, 1.82) is 0 Å². The molecule has 1 fully saturated rings. The van der Waals surface area contributed by atoms with Crippen molar-refractivity contribution < 1.29 is 14.7 Å². The van der Waals surface area contributed by atoms with Gasteiger partial charge in [0.1, 0.15) is 5.82 Å². The maximum atomic E-state index is 12.4. The first-order valence-corrected chi connectivity index (χ1v) is 7.81. The quantitative estimate of drug-likeness (QED) is 0.798. The molecule has 1 aromatic carbocycles. The van der Waals surface area contributed by atoms with Gasteiger partial charge in [0.25, 0.3) is 0 Å². The number of likely N-dealkylation sites (tertiary alicyclic amines) is 1. The highest BCUT2D eigenvalue weighted by molar-refractivity contribution is 5.90. The molecule has 3 N–H and O–H groups in total. The number of aromatic amines is 1. The van der Waals surface area contributed by atoms with Gasteiger partial charge < -0.3 is 15.3 Å². The maximum absolute atomic E-state index is 12.4. The van der Waals surface area contributed by atoms with Crippen molar-refractivity contribution in [3.05, 3.63) is 30.1 Å². The van der Waals surface area contributed by atoms with E-state index in [0.717, 1.165) is 5.56 Å². The molecular formula is C16H19N5O3. The Kier molecular flexibility index (Phi) is 4.45. The van der Waals surface area contributed by atoms with Gasteiger partial charge in [-0.1, -0.05) is 12.1 Å². The number of nitrogens with one attached hydrogen (secondary N) is 2. The molecule has 24 heavy (non-hydrogen) atoms. The van der Waals surface area contributed by atoms with Crippen LogP contribution in [0, 0.1) is 12.8 Å². The zero-order valence-corrected chi connectivity index (χ0v) is 13.3. The third-order valence-corrected chi connectivity index (χ3v) is 4.03. The van der Waals surface area contributed by atoms with Crippen molar-refractivity contribution in [3.8, 4) is 11.4 Å². The number of amides is 2. The number of piperidine rings is 1. The minimum absolute atomic E-state index is 0.237. The number of aromatic nitrogens is 3. The third-order valence-electron chi connectivity index (χ3n) is 4.03. The molecule has 8 heteroatoms. The van der Waals surface area contributed by atoms with Crippen LogP contribution in [0.5, 0.6) is 0 Å². The highest BCUT2D eigenvalue weighted by Gasteiger charge is 2.28. The van der Waals surface area contributed by atoms with Crippen molar-refractivity contribution in [2.45, 2.75) is 19.8 Å². The third kappa shape index (κ3) is 3.53. The zero-order chi connectivity index (χ0) is 17.1. The number of anilines is 1. The number of benzene rings is 1. The van der Waals surface area contributed by atoms with Gasteiger partial charge in [-0.3, -0.25) is 9.89 Å². The van der Waals surface area contributed by atoms with Crippen molar-refractivity contribution in [2.24, 2.45) is 5.92 Å². The number of carbonyl (C=O) groups excluding carboxylic acids is 1. The molecule has 2 aromatic rings. The number of carboxylic acid groups (broad SMARTS) is 1. The van der Waals surface area contributed by atoms with Crippen LogP contribution < -0.4 is 5.32 Å². The highest BCUT2D eigenvalue weighted by atomic mass is 16.4. The van der Waals surface area contributed by atoms with E-state index in [1.165, 1.54) is 0 Å². The Bertz CT molecular complexity index is 758. The summed E-state index contributed by atoms with van der Waals surface area (Å²) in [5, 5.41) is 18.8. The van der Waals surface area contributed by atoms with E-state index in [9.17, 15) is 9.59 Å². The fourth-order valence-electron chi connectivity index (χ4n) is 2.77. The molecular weight excluding hydrogens is 310 g/mol. The molecule has 1 aromatic heterocycles. The van der Waals surface area contributed by atoms with Gasteiger partial charge in [0.2, 0.25) is 0 Å². The highest BCUT2D eigenvalue weighted by Crippen LogP contribution is 2.21. The number of aliphatic carboxylic acids is 1. The maximum Gasteiger partial charge on any atom is 0.321 e. The Hall–Kier alpha value is -2.90. The van der Waals surface area contributed by atoms with Gasteiger partial charge in [-0.15, -0.1) is 0 Å². The molecule has 2 heterocycles. The summed E-state index contributed by atoms with van der Waals surface area (Å²) in [7, 11) is 0. The summed E-state index contributed by atoms with van der Waals surface area (Å²) in [5.74, 6) is -0.0680. The first-order valence-electron chi connectivity index (χ1n) is 7.81. The summed E-state index contributed by atoms with van der Waals surface area (Å²) in [6, 6.07) is 6.95. The summed E-state index contributed by atoms with van der Waals surface area (Å²) in [6.45, 7) is 2.62. The van der Waals surface area contributed by atoms with E-state index in [-0.39, 0.29) is 12.6 Å². The van der Waals surface area contributed by atoms with Crippen LogP contribution in [0.15, 0.2) is 24.3 Å². The molecule has 0 saturated carbocycles. The molecule has 1 aliphatic rings. The summed E-state index contributed by atoms with van der Waals surface area (Å²) in [6.07, 6.45) is 1.31. The van der Waals surface area contributed by atoms with Gasteiger partial charge in [0.05, 0.1) is 5.92 Å². The SMILES string of the molecule is Cc1nc(-c2cccc(NC(=O)N3CCCC(C(=O)O)C3)c2)n[nH]1. The number of rotatable bonds is 3. The number of nitrogens with zero attached hydrogens (tertiary/aromatic N) is 3. The van der Waals surface area contributed by atoms with Gasteiger partial charge in [-0.25, -0.2) is 9.78 Å². The summed E-state index contributed by atoms with van der Waals surface area (Å²) in [4.78, 5) is 29.3. The molecule has 3 rings (SSSR count). The van der Waals surface area contributed by atoms with Gasteiger partial charge in [0, 0.05) is 24.3 Å². The average molecular weight is 329 g/mol. The molecule has 1 atom stereocenters. The first kappa shape index (κ1) is 16.0. The van der Waals surface area contributed by atoms with Crippen molar-refractivity contribution in [2.75, 3.05) is 18.4 Å². The van der Waals surface area contributed by atoms with Crippen LogP contribution >= 0.6 is 0 Å². The molecule has 0 radical (unpaired) electrons. The lowest BCUT2D eigenvalue weighted by Crippen LogP contribution is -2.44. The van der Waals surface area contributed by atoms with Crippen molar-refractivity contribution >= 4 is 17.7 Å². The van der Waals surface area contributed by atoms with E-state index in [1.807, 2.05) is 19.1 Å². The molecule has 1 unspecified atom stereocenters. The minimum atomic E-state index is -0.852. The standard InChI is InChI=1S/C16H19N5O3/c1-10-17-14(20-19-10)11-4-2-6-13(8-11)18-16(24)21-7-3-5-12(9-21)15(22)23/h2,4,6,8,12H,3,5,7,9H2,1H3,(H,18,24)(H,22,23)(H,17,19,20). The molecule has 0 aliphatic carbocycles. The number of hydrogen-bond donors (Lipinski definition) is 3. The number of H-pyrrole nitrogens is 1. The molecule has 8 nitrogen and oxygen atoms in total. The minimum Gasteiger partial charge on any atom is -0.481 e. The lowest BCUT2D eigenvalue weighted by Gasteiger charge is -2.30. The van der Waals surface area contributed by atoms with E-state index in [1.54, 1.807) is 17.0 Å². The molecule has 1 aliphatic heterocycles. The molecule has 0 spiro atoms. The molecule has 126 valence electrons. The number of carboxylic acids is 1. The summed E-state index contributed by atoms with van der Waals surface area (Å²) < 4.78 is 0. The second-order valence-corrected chi connectivity index (χ2v) is 5.88. The number of urea groups is 1. The second-order valence-electron chi connectivity index (χ2n) is 5.88. The van der Waals surface area contributed by atoms with Gasteiger partial charge in [-0.2, -0.15) is 5.10 Å². The smallest absolute Gasteiger partial charge is 0.321 e. The van der Waals surface area contributed by atoms with Gasteiger partial charge >= 0.3 is 12.0 Å². The number of aryl methyl sites for hydroxylation is 1. The van der Waals surface area contributed by atoms with Crippen LogP contribution in [0.3, 0.4) is 0 Å². The molecule has 1 saturated heterocycles. The monoisotopic (exact) mass is 329 g/mol. The van der Waals surface area contributed by atoms with Crippen LogP contribution in [-0.2, 0) is 4.79 Å². The first-order chi connectivity index (χ1) is 11.5. The fourth-order valence-corrected chi connectivity index (χ4v) is 2.77. The fraction of sp³-hybridized carbons (Fsp3) is 0.375. The van der Waals surface area contributed by atoms with E-state index < -0.39 is 11.9 Å². The number of hydrogen-bond acceptors (Lipinski definition) is 4. The zero-order valence-electron chi connectivity index (χ0n) is 13.3. The Balaban J connectivity index is 1.69. The lowest BCUT2D eigenvalue weighted by molar-refractivity contribution is -0.143. The van der Waals surface area contributed by atoms with Crippen molar-refractivity contribution in [1.82, 2.24) is 20.1 Å². The molecule has 2 amide bonds. The van der Waals surface area contributed by atoms with Crippen molar-refractivity contribution in [3.63, 3.8) is 0 Å². The van der Waals surface area contributed by atoms with Crippen LogP contribution in [-0.4, -0.2) is 50.3 Å². The summed E-state index contributed by atoms with van der Waals surface area (Å²) >= 11 is 0. The van der Waals surface area contributed by atoms with Gasteiger partial charge in [0.15, 0.2) is 5.82 Å². The van der Waals surface area contributed by atoms with E-state index in [2.05, 4.69) is 20.5 Å². The number of carbonyl (C=O) groups is 2. The predicted octanol–water partition coefficient (Wildman–Crippen LogP) is 2.11. The van der Waals surface area contributed by atoms with E-state index in [4.69, 9.17) is 5.11 Å². The second kappa shape index (κ2) is 6.69. The topological polar surface area (TPSA) is 111 Å². The van der Waals surface area contributed by atoms with Crippen LogP contribution in [0.1, 0.15) is 18.7 Å². The van der Waals surface area contributed by atoms with Crippen LogP contribution in [0.4, 0.5) is 10.5 Å². The van der Waals surface area contributed by atoms with Gasteiger partial charge in [-0.05, 0) is 31.9 Å². The van der Waals surface area contributed by atoms with E-state index >= 15 is 0 Å². The normalized spacial score (nSPS) is 17.5. The Morgan fingerprint density at radius 2 is 2.25 bits per heavy atom. The molecule has 0 bridgehead atoms. The Labute approximate surface area is 138 Å². The Morgan fingerprint density at radius 3 is 2.96 bits per heavy atom. The average Bonchev–Trinajstić information content (AvgIpc) is 3.02. The van der Waals surface area contributed by atoms with E-state index in [0.29, 0.717) is 36.7 Å². The lowest BCUT2D eigenvalue weighted by atomic mass is 9.99. The van der Waals surface area contributed by atoms with Crippen LogP contribution in [0.2, 0.25) is 0 Å². The largest absolute Gasteiger partial charge is 0.481 e. The Morgan fingerprint density at radius 1 is 1.42 bits per heavy atom. The van der Waals surface area contributed by atoms with Crippen LogP contribution in [0.25, 0.3) is 11.4 Å². The predicted molar refractivity (Wildman–Crippen MR) is 87.5 cm³/mol. The summed E-state index contributed by atoms with van der Waals surface area (Å²) in [5.41, 5.74) is 1.41.